The standard InChI is InChI=1S/C18H25N3OS2/c1-2-24(22)13-7-5-6-12(10-13)21-17-16-14-8-3-4-9-15(14)23-18(16)20-11-19-17/h11-13H,2-10H2,1H3,(H,19,20,21). The molecule has 130 valence electrons. The van der Waals surface area contributed by atoms with Crippen LogP contribution in [-0.4, -0.2) is 31.2 Å². The number of nitrogens with zero attached hydrogens (tertiary/aromatic N) is 2. The van der Waals surface area contributed by atoms with E-state index in [0.717, 1.165) is 48.5 Å². The summed E-state index contributed by atoms with van der Waals surface area (Å²) in [6, 6.07) is 0.386. The van der Waals surface area contributed by atoms with Crippen molar-refractivity contribution in [3.8, 4) is 0 Å². The fraction of sp³-hybridized carbons (Fsp3) is 0.667. The van der Waals surface area contributed by atoms with Crippen LogP contribution in [0.25, 0.3) is 10.2 Å². The van der Waals surface area contributed by atoms with Gasteiger partial charge >= 0.3 is 0 Å². The third-order valence-electron chi connectivity index (χ3n) is 5.37. The maximum absolute atomic E-state index is 12.2. The molecule has 0 radical (unpaired) electrons. The Morgan fingerprint density at radius 1 is 1.25 bits per heavy atom. The summed E-state index contributed by atoms with van der Waals surface area (Å²) in [6.07, 6.45) is 11.0. The summed E-state index contributed by atoms with van der Waals surface area (Å²) in [4.78, 5) is 11.7. The van der Waals surface area contributed by atoms with Crippen molar-refractivity contribution in [2.45, 2.75) is 69.6 Å². The molecule has 0 saturated heterocycles. The van der Waals surface area contributed by atoms with E-state index in [4.69, 9.17) is 0 Å². The fourth-order valence-electron chi connectivity index (χ4n) is 4.14. The van der Waals surface area contributed by atoms with Gasteiger partial charge in [-0.2, -0.15) is 0 Å². The molecule has 0 aromatic carbocycles. The lowest BCUT2D eigenvalue weighted by Crippen LogP contribution is -2.33. The molecule has 3 unspecified atom stereocenters. The van der Waals surface area contributed by atoms with Crippen molar-refractivity contribution >= 4 is 38.2 Å². The largest absolute Gasteiger partial charge is 0.367 e. The van der Waals surface area contributed by atoms with E-state index in [2.05, 4.69) is 15.3 Å². The maximum atomic E-state index is 12.2. The van der Waals surface area contributed by atoms with Crippen LogP contribution in [0.3, 0.4) is 0 Å². The van der Waals surface area contributed by atoms with Crippen molar-refractivity contribution in [1.82, 2.24) is 9.97 Å². The topological polar surface area (TPSA) is 54.9 Å². The SMILES string of the molecule is CCS(=O)C1CCCC(Nc2ncnc3sc4c(c23)CCCC4)C1. The predicted molar refractivity (Wildman–Crippen MR) is 102 cm³/mol. The number of rotatable bonds is 4. The smallest absolute Gasteiger partial charge is 0.138 e. The van der Waals surface area contributed by atoms with Crippen molar-refractivity contribution in [3.63, 3.8) is 0 Å². The highest BCUT2D eigenvalue weighted by atomic mass is 32.2. The van der Waals surface area contributed by atoms with E-state index in [9.17, 15) is 4.21 Å². The van der Waals surface area contributed by atoms with Crippen molar-refractivity contribution in [3.05, 3.63) is 16.8 Å². The first kappa shape index (κ1) is 16.5. The van der Waals surface area contributed by atoms with Crippen LogP contribution in [0.15, 0.2) is 6.33 Å². The molecule has 24 heavy (non-hydrogen) atoms. The second kappa shape index (κ2) is 7.08. The summed E-state index contributed by atoms with van der Waals surface area (Å²) in [5, 5.41) is 5.29. The van der Waals surface area contributed by atoms with Crippen LogP contribution in [0.2, 0.25) is 0 Å². The highest BCUT2D eigenvalue weighted by Crippen LogP contribution is 2.38. The van der Waals surface area contributed by atoms with Gasteiger partial charge in [0, 0.05) is 32.7 Å². The molecule has 1 fully saturated rings. The zero-order valence-electron chi connectivity index (χ0n) is 14.2. The Kier molecular flexibility index (Phi) is 4.86. The number of hydrogen-bond donors (Lipinski definition) is 1. The van der Waals surface area contributed by atoms with Crippen LogP contribution >= 0.6 is 11.3 Å². The van der Waals surface area contributed by atoms with Gasteiger partial charge in [-0.3, -0.25) is 4.21 Å². The van der Waals surface area contributed by atoms with Gasteiger partial charge in [0.15, 0.2) is 0 Å². The van der Waals surface area contributed by atoms with Crippen LogP contribution in [0.4, 0.5) is 5.82 Å². The van der Waals surface area contributed by atoms with Gasteiger partial charge < -0.3 is 5.32 Å². The summed E-state index contributed by atoms with van der Waals surface area (Å²) in [7, 11) is -0.684. The Labute approximate surface area is 149 Å². The number of nitrogens with one attached hydrogen (secondary N) is 1. The van der Waals surface area contributed by atoms with Gasteiger partial charge in [-0.05, 0) is 50.5 Å². The first-order chi connectivity index (χ1) is 11.8. The van der Waals surface area contributed by atoms with Crippen LogP contribution < -0.4 is 5.32 Å². The maximum Gasteiger partial charge on any atom is 0.138 e. The molecule has 4 nitrogen and oxygen atoms in total. The van der Waals surface area contributed by atoms with Gasteiger partial charge in [-0.1, -0.05) is 13.3 Å². The summed E-state index contributed by atoms with van der Waals surface area (Å²) < 4.78 is 12.2. The molecule has 3 atom stereocenters. The summed E-state index contributed by atoms with van der Waals surface area (Å²) >= 11 is 1.85. The molecule has 0 amide bonds. The molecule has 6 heteroatoms. The molecular formula is C18H25N3OS2. The molecule has 2 heterocycles. The first-order valence-corrected chi connectivity index (χ1v) is 11.3. The van der Waals surface area contributed by atoms with Crippen LogP contribution in [0.5, 0.6) is 0 Å². The second-order valence-electron chi connectivity index (χ2n) is 6.91. The van der Waals surface area contributed by atoms with Crippen LogP contribution in [-0.2, 0) is 23.6 Å². The molecule has 0 spiro atoms. The molecule has 2 aliphatic rings. The Morgan fingerprint density at radius 2 is 2.12 bits per heavy atom. The minimum atomic E-state index is -0.684. The third kappa shape index (κ3) is 3.10. The van der Waals surface area contributed by atoms with Gasteiger partial charge in [0.05, 0.1) is 5.39 Å². The van der Waals surface area contributed by atoms with Crippen LogP contribution in [0.1, 0.15) is 55.9 Å². The molecule has 1 N–H and O–H groups in total. The minimum absolute atomic E-state index is 0.343. The molecular weight excluding hydrogens is 338 g/mol. The fourth-order valence-corrected chi connectivity index (χ4v) is 6.72. The highest BCUT2D eigenvalue weighted by molar-refractivity contribution is 7.85. The quantitative estimate of drug-likeness (QED) is 0.890. The Hall–Kier alpha value is -1.01. The zero-order chi connectivity index (χ0) is 16.5. The van der Waals surface area contributed by atoms with Crippen molar-refractivity contribution < 1.29 is 4.21 Å². The zero-order valence-corrected chi connectivity index (χ0v) is 15.8. The number of aromatic nitrogens is 2. The summed E-state index contributed by atoms with van der Waals surface area (Å²) in [5.74, 6) is 1.78. The van der Waals surface area contributed by atoms with Gasteiger partial charge in [0.1, 0.15) is 17.0 Å². The third-order valence-corrected chi connectivity index (χ3v) is 8.32. The van der Waals surface area contributed by atoms with E-state index < -0.39 is 10.8 Å². The van der Waals surface area contributed by atoms with Crippen molar-refractivity contribution in [1.29, 1.82) is 0 Å². The van der Waals surface area contributed by atoms with E-state index in [0.29, 0.717) is 11.3 Å². The Balaban J connectivity index is 1.60. The molecule has 4 rings (SSSR count). The van der Waals surface area contributed by atoms with E-state index in [1.807, 2.05) is 18.3 Å². The molecule has 0 bridgehead atoms. The van der Waals surface area contributed by atoms with Crippen LogP contribution in [0, 0.1) is 0 Å². The predicted octanol–water partition coefficient (Wildman–Crippen LogP) is 4.06. The lowest BCUT2D eigenvalue weighted by atomic mass is 9.94. The van der Waals surface area contributed by atoms with E-state index in [1.54, 1.807) is 6.33 Å². The molecule has 1 saturated carbocycles. The van der Waals surface area contributed by atoms with Gasteiger partial charge in [0.2, 0.25) is 0 Å². The van der Waals surface area contributed by atoms with Gasteiger partial charge in [-0.25, -0.2) is 9.97 Å². The average Bonchev–Trinajstić information content (AvgIpc) is 3.01. The number of anilines is 1. The average molecular weight is 364 g/mol. The second-order valence-corrected chi connectivity index (χ2v) is 10.0. The first-order valence-electron chi connectivity index (χ1n) is 9.15. The number of aryl methyl sites for hydroxylation is 2. The number of fused-ring (bicyclic) bond motifs is 3. The highest BCUT2D eigenvalue weighted by Gasteiger charge is 2.27. The molecule has 2 aromatic heterocycles. The monoisotopic (exact) mass is 363 g/mol. The van der Waals surface area contributed by atoms with E-state index >= 15 is 0 Å². The van der Waals surface area contributed by atoms with Gasteiger partial charge in [-0.15, -0.1) is 11.3 Å². The molecule has 0 aliphatic heterocycles. The molecule has 2 aromatic rings. The Morgan fingerprint density at radius 3 is 3.00 bits per heavy atom. The normalized spacial score (nSPS) is 25.4. The number of hydrogen-bond acceptors (Lipinski definition) is 5. The van der Waals surface area contributed by atoms with Crippen molar-refractivity contribution in [2.75, 3.05) is 11.1 Å². The number of thiophene rings is 1. The summed E-state index contributed by atoms with van der Waals surface area (Å²) in [5.41, 5.74) is 1.48. The molecule has 2 aliphatic carbocycles. The minimum Gasteiger partial charge on any atom is -0.367 e. The Bertz CT molecular complexity index is 758. The van der Waals surface area contributed by atoms with E-state index in [1.165, 1.54) is 35.1 Å². The lowest BCUT2D eigenvalue weighted by molar-refractivity contribution is 0.464. The summed E-state index contributed by atoms with van der Waals surface area (Å²) in [6.45, 7) is 2.03. The van der Waals surface area contributed by atoms with Gasteiger partial charge in [0.25, 0.3) is 0 Å². The van der Waals surface area contributed by atoms with E-state index in [-0.39, 0.29) is 0 Å². The lowest BCUT2D eigenvalue weighted by Gasteiger charge is -2.29. The van der Waals surface area contributed by atoms with Crippen molar-refractivity contribution in [2.24, 2.45) is 0 Å².